The van der Waals surface area contributed by atoms with Crippen LogP contribution in [0.5, 0.6) is 5.75 Å². The molecule has 176 valence electrons. The van der Waals surface area contributed by atoms with Crippen molar-refractivity contribution in [2.24, 2.45) is 0 Å². The molecule has 1 aromatic heterocycles. The Kier molecular flexibility index (Phi) is 5.76. The Balaban J connectivity index is 1.62. The largest absolute Gasteiger partial charge is 0.497 e. The highest BCUT2D eigenvalue weighted by atomic mass is 16.6. The molecule has 0 spiro atoms. The van der Waals surface area contributed by atoms with Gasteiger partial charge < -0.3 is 18.8 Å². The van der Waals surface area contributed by atoms with Gasteiger partial charge in [0.05, 0.1) is 42.2 Å². The van der Waals surface area contributed by atoms with Gasteiger partial charge in [0.1, 0.15) is 11.3 Å². The molecule has 3 heterocycles. The van der Waals surface area contributed by atoms with E-state index in [1.165, 1.54) is 19.2 Å². The minimum Gasteiger partial charge on any atom is -0.497 e. The normalized spacial score (nSPS) is 18.3. The first-order valence-corrected chi connectivity index (χ1v) is 11.0. The van der Waals surface area contributed by atoms with Gasteiger partial charge in [-0.3, -0.25) is 24.6 Å². The van der Waals surface area contributed by atoms with Gasteiger partial charge in [0, 0.05) is 44.4 Å². The van der Waals surface area contributed by atoms with Crippen LogP contribution in [-0.4, -0.2) is 67.1 Å². The van der Waals surface area contributed by atoms with Crippen molar-refractivity contribution in [2.45, 2.75) is 6.04 Å². The molecule has 0 bridgehead atoms. The number of rotatable bonds is 6. The summed E-state index contributed by atoms with van der Waals surface area (Å²) in [5.74, 6) is 0.0475. The highest BCUT2D eigenvalue weighted by Gasteiger charge is 2.43. The summed E-state index contributed by atoms with van der Waals surface area (Å²) >= 11 is 0. The zero-order valence-electron chi connectivity index (χ0n) is 18.6. The number of nitrogens with zero attached hydrogens (tertiary/aromatic N) is 3. The molecule has 1 atom stereocenters. The van der Waals surface area contributed by atoms with Crippen LogP contribution in [0.4, 0.5) is 5.69 Å². The van der Waals surface area contributed by atoms with E-state index in [9.17, 15) is 19.7 Å². The topological polar surface area (TPSA) is 115 Å². The number of carbonyl (C=O) groups is 1. The summed E-state index contributed by atoms with van der Waals surface area (Å²) in [5.41, 5.74) is 0.497. The van der Waals surface area contributed by atoms with E-state index in [-0.39, 0.29) is 28.0 Å². The number of non-ortho nitro benzene ring substituents is 1. The van der Waals surface area contributed by atoms with Crippen LogP contribution in [-0.2, 0) is 4.74 Å². The van der Waals surface area contributed by atoms with Gasteiger partial charge in [-0.05, 0) is 17.7 Å². The molecule has 0 aliphatic carbocycles. The summed E-state index contributed by atoms with van der Waals surface area (Å²) in [5, 5.41) is 11.7. The second-order valence-electron chi connectivity index (χ2n) is 8.24. The minimum absolute atomic E-state index is 0.0377. The Morgan fingerprint density at radius 3 is 2.65 bits per heavy atom. The molecule has 3 aromatic rings. The van der Waals surface area contributed by atoms with Crippen LogP contribution in [0.1, 0.15) is 27.7 Å². The van der Waals surface area contributed by atoms with Crippen molar-refractivity contribution in [1.82, 2.24) is 9.80 Å². The lowest BCUT2D eigenvalue weighted by molar-refractivity contribution is -0.384. The first-order valence-electron chi connectivity index (χ1n) is 11.0. The quantitative estimate of drug-likeness (QED) is 0.403. The van der Waals surface area contributed by atoms with Gasteiger partial charge in [-0.15, -0.1) is 0 Å². The van der Waals surface area contributed by atoms with E-state index < -0.39 is 16.9 Å². The monoisotopic (exact) mass is 465 g/mol. The molecule has 2 aliphatic heterocycles. The Bertz CT molecular complexity index is 1330. The Morgan fingerprint density at radius 1 is 1.12 bits per heavy atom. The lowest BCUT2D eigenvalue weighted by Gasteiger charge is -2.31. The van der Waals surface area contributed by atoms with Crippen LogP contribution < -0.4 is 10.2 Å². The molecule has 2 aromatic carbocycles. The molecule has 0 radical (unpaired) electrons. The van der Waals surface area contributed by atoms with Gasteiger partial charge in [-0.25, -0.2) is 0 Å². The molecule has 2 aliphatic rings. The fourth-order valence-electron chi connectivity index (χ4n) is 4.59. The molecule has 0 unspecified atom stereocenters. The summed E-state index contributed by atoms with van der Waals surface area (Å²) in [4.78, 5) is 41.8. The smallest absolute Gasteiger partial charge is 0.290 e. The van der Waals surface area contributed by atoms with Gasteiger partial charge in [-0.1, -0.05) is 12.1 Å². The van der Waals surface area contributed by atoms with E-state index >= 15 is 0 Å². The summed E-state index contributed by atoms with van der Waals surface area (Å²) in [6.07, 6.45) is 0. The maximum absolute atomic E-state index is 13.6. The van der Waals surface area contributed by atoms with Crippen molar-refractivity contribution >= 4 is 22.6 Å². The number of nitro benzene ring substituents is 1. The Hall–Kier alpha value is -3.76. The van der Waals surface area contributed by atoms with Crippen LogP contribution in [0.2, 0.25) is 0 Å². The first-order chi connectivity index (χ1) is 16.5. The zero-order valence-corrected chi connectivity index (χ0v) is 18.6. The maximum Gasteiger partial charge on any atom is 0.290 e. The Labute approximate surface area is 194 Å². The second-order valence-corrected chi connectivity index (χ2v) is 8.24. The average molecular weight is 465 g/mol. The molecule has 1 saturated heterocycles. The third kappa shape index (κ3) is 3.80. The molecule has 34 heavy (non-hydrogen) atoms. The number of nitro groups is 1. The average Bonchev–Trinajstić information content (AvgIpc) is 3.14. The van der Waals surface area contributed by atoms with E-state index in [0.717, 1.165) is 13.1 Å². The number of morpholine rings is 1. The predicted octanol–water partition coefficient (Wildman–Crippen LogP) is 2.59. The van der Waals surface area contributed by atoms with Crippen molar-refractivity contribution in [1.29, 1.82) is 0 Å². The fraction of sp³-hybridized carbons (Fsp3) is 0.333. The molecule has 0 saturated carbocycles. The van der Waals surface area contributed by atoms with Crippen LogP contribution in [0.15, 0.2) is 51.7 Å². The third-order valence-electron chi connectivity index (χ3n) is 6.33. The highest BCUT2D eigenvalue weighted by Crippen LogP contribution is 2.39. The van der Waals surface area contributed by atoms with Gasteiger partial charge in [0.15, 0.2) is 5.43 Å². The van der Waals surface area contributed by atoms with E-state index in [1.807, 2.05) is 0 Å². The Morgan fingerprint density at radius 2 is 1.91 bits per heavy atom. The van der Waals surface area contributed by atoms with Crippen LogP contribution >= 0.6 is 0 Å². The molecule has 0 N–H and O–H groups in total. The van der Waals surface area contributed by atoms with Gasteiger partial charge >= 0.3 is 0 Å². The number of amides is 1. The predicted molar refractivity (Wildman–Crippen MR) is 122 cm³/mol. The SMILES string of the molecule is COc1ccc2c(=O)c3c(oc2c1)C(=O)N(CCN1CCOCC1)[C@H]3c1cccc([N+](=O)[O-])c1. The van der Waals surface area contributed by atoms with Crippen LogP contribution in [0.25, 0.3) is 11.0 Å². The summed E-state index contributed by atoms with van der Waals surface area (Å²) in [6, 6.07) is 10.1. The molecule has 1 fully saturated rings. The molecule has 10 nitrogen and oxygen atoms in total. The van der Waals surface area contributed by atoms with Crippen molar-refractivity contribution in [3.8, 4) is 5.75 Å². The standard InChI is InChI=1S/C24H23N3O7/c1-32-17-5-6-18-19(14-17)34-23-20(22(18)28)21(15-3-2-4-16(13-15)27(30)31)26(24(23)29)8-7-25-9-11-33-12-10-25/h2-6,13-14,21H,7-12H2,1H3/t21-/m0/s1. The van der Waals surface area contributed by atoms with Crippen molar-refractivity contribution in [3.05, 3.63) is 79.7 Å². The summed E-state index contributed by atoms with van der Waals surface area (Å²) in [7, 11) is 1.50. The number of hydrogen-bond acceptors (Lipinski definition) is 8. The lowest BCUT2D eigenvalue weighted by Crippen LogP contribution is -2.42. The molecular formula is C24H23N3O7. The van der Waals surface area contributed by atoms with E-state index in [0.29, 0.717) is 43.0 Å². The van der Waals surface area contributed by atoms with Crippen molar-refractivity contribution in [3.63, 3.8) is 0 Å². The van der Waals surface area contributed by atoms with E-state index in [2.05, 4.69) is 4.90 Å². The molecular weight excluding hydrogens is 442 g/mol. The summed E-state index contributed by atoms with van der Waals surface area (Å²) in [6.45, 7) is 3.64. The van der Waals surface area contributed by atoms with Crippen LogP contribution in [0, 0.1) is 10.1 Å². The van der Waals surface area contributed by atoms with Gasteiger partial charge in [0.25, 0.3) is 11.6 Å². The van der Waals surface area contributed by atoms with Gasteiger partial charge in [-0.2, -0.15) is 0 Å². The number of methoxy groups -OCH3 is 1. The minimum atomic E-state index is -0.786. The first kappa shape index (κ1) is 22.1. The van der Waals surface area contributed by atoms with Gasteiger partial charge in [0.2, 0.25) is 5.76 Å². The lowest BCUT2D eigenvalue weighted by atomic mass is 9.98. The number of ether oxygens (including phenoxy) is 2. The highest BCUT2D eigenvalue weighted by molar-refractivity contribution is 5.99. The molecule has 1 amide bonds. The second kappa shape index (κ2) is 8.88. The van der Waals surface area contributed by atoms with Crippen molar-refractivity contribution in [2.75, 3.05) is 46.5 Å². The number of carbonyl (C=O) groups excluding carboxylic acids is 1. The number of fused-ring (bicyclic) bond motifs is 2. The third-order valence-corrected chi connectivity index (χ3v) is 6.33. The molecule has 10 heteroatoms. The van der Waals surface area contributed by atoms with E-state index in [1.54, 1.807) is 35.2 Å². The zero-order chi connectivity index (χ0) is 23.8. The maximum atomic E-state index is 13.6. The number of benzene rings is 2. The molecule has 5 rings (SSSR count). The van der Waals surface area contributed by atoms with Crippen LogP contribution in [0.3, 0.4) is 0 Å². The van der Waals surface area contributed by atoms with Crippen molar-refractivity contribution < 1.29 is 23.6 Å². The fourth-order valence-corrected chi connectivity index (χ4v) is 4.59. The summed E-state index contributed by atoms with van der Waals surface area (Å²) < 4.78 is 16.6. The number of hydrogen-bond donors (Lipinski definition) is 0. The van der Waals surface area contributed by atoms with E-state index in [4.69, 9.17) is 13.9 Å².